The topological polar surface area (TPSA) is 99.4 Å². The van der Waals surface area contributed by atoms with Crippen molar-refractivity contribution in [3.05, 3.63) is 61.1 Å². The van der Waals surface area contributed by atoms with E-state index in [-0.39, 0.29) is 11.3 Å². The minimum atomic E-state index is -0.586. The van der Waals surface area contributed by atoms with E-state index >= 15 is 0 Å². The Morgan fingerprint density at radius 1 is 1.31 bits per heavy atom. The molecule has 132 valence electrons. The van der Waals surface area contributed by atoms with Gasteiger partial charge in [-0.1, -0.05) is 0 Å². The van der Waals surface area contributed by atoms with Crippen LogP contribution in [0.1, 0.15) is 15.9 Å². The number of nitrogens with one attached hydrogen (secondary N) is 1. The van der Waals surface area contributed by atoms with Crippen LogP contribution in [-0.2, 0) is 9.53 Å². The van der Waals surface area contributed by atoms with Gasteiger partial charge in [0.2, 0.25) is 0 Å². The van der Waals surface area contributed by atoms with E-state index in [1.165, 1.54) is 25.3 Å². The molecule has 0 aromatic heterocycles. The number of esters is 1. The molecular formula is C18H12BrIN2O4. The van der Waals surface area contributed by atoms with E-state index in [4.69, 9.17) is 0 Å². The number of nitriles is 1. The van der Waals surface area contributed by atoms with E-state index in [1.807, 2.05) is 28.7 Å². The predicted molar refractivity (Wildman–Crippen MR) is 109 cm³/mol. The third-order valence-corrected chi connectivity index (χ3v) is 4.71. The number of hydrogen-bond acceptors (Lipinski definition) is 5. The van der Waals surface area contributed by atoms with Gasteiger partial charge in [0.05, 0.1) is 20.7 Å². The van der Waals surface area contributed by atoms with E-state index in [0.717, 1.165) is 0 Å². The van der Waals surface area contributed by atoms with Gasteiger partial charge in [-0.25, -0.2) is 4.79 Å². The summed E-state index contributed by atoms with van der Waals surface area (Å²) in [6.45, 7) is 0. The Kier molecular flexibility index (Phi) is 6.76. The van der Waals surface area contributed by atoms with E-state index in [0.29, 0.717) is 24.9 Å². The summed E-state index contributed by atoms with van der Waals surface area (Å²) < 4.78 is 5.65. The summed E-state index contributed by atoms with van der Waals surface area (Å²) in [5, 5.41) is 21.6. The van der Waals surface area contributed by atoms with Crippen LogP contribution in [0.5, 0.6) is 5.75 Å². The molecule has 1 amide bonds. The van der Waals surface area contributed by atoms with E-state index in [2.05, 4.69) is 26.0 Å². The number of methoxy groups -OCH3 is 1. The zero-order chi connectivity index (χ0) is 19.3. The normalized spacial score (nSPS) is 10.8. The van der Waals surface area contributed by atoms with Crippen LogP contribution in [0, 0.1) is 14.9 Å². The Balaban J connectivity index is 2.21. The van der Waals surface area contributed by atoms with Gasteiger partial charge in [0.1, 0.15) is 17.4 Å². The highest BCUT2D eigenvalue weighted by Crippen LogP contribution is 2.31. The van der Waals surface area contributed by atoms with Gasteiger partial charge < -0.3 is 15.2 Å². The van der Waals surface area contributed by atoms with Gasteiger partial charge in [-0.15, -0.1) is 0 Å². The first-order valence-corrected chi connectivity index (χ1v) is 9.02. The van der Waals surface area contributed by atoms with Crippen molar-refractivity contribution >= 4 is 62.2 Å². The second-order valence-electron chi connectivity index (χ2n) is 5.03. The number of rotatable bonds is 4. The number of anilines is 1. The van der Waals surface area contributed by atoms with Crippen molar-refractivity contribution in [2.75, 3.05) is 12.4 Å². The summed E-state index contributed by atoms with van der Waals surface area (Å²) in [6, 6.07) is 11.2. The van der Waals surface area contributed by atoms with Gasteiger partial charge >= 0.3 is 5.97 Å². The molecule has 2 aromatic carbocycles. The third kappa shape index (κ3) is 4.83. The Morgan fingerprint density at radius 2 is 1.96 bits per heavy atom. The van der Waals surface area contributed by atoms with Crippen molar-refractivity contribution in [2.45, 2.75) is 0 Å². The number of benzene rings is 2. The first-order valence-electron chi connectivity index (χ1n) is 7.15. The number of aromatic hydroxyl groups is 1. The molecule has 0 saturated heterocycles. The van der Waals surface area contributed by atoms with Crippen LogP contribution in [0.2, 0.25) is 0 Å². The molecule has 0 atom stereocenters. The van der Waals surface area contributed by atoms with Crippen LogP contribution in [0.15, 0.2) is 46.4 Å². The quantitative estimate of drug-likeness (QED) is 0.270. The number of phenols is 1. The van der Waals surface area contributed by atoms with E-state index in [9.17, 15) is 20.0 Å². The summed E-state index contributed by atoms with van der Waals surface area (Å²) in [5.74, 6) is -0.970. The highest BCUT2D eigenvalue weighted by molar-refractivity contribution is 14.1. The molecule has 0 spiro atoms. The number of ether oxygens (including phenoxy) is 1. The zero-order valence-corrected chi connectivity index (χ0v) is 17.2. The molecule has 0 aliphatic heterocycles. The maximum atomic E-state index is 12.3. The first kappa shape index (κ1) is 19.9. The Bertz CT molecular complexity index is 910. The van der Waals surface area contributed by atoms with E-state index in [1.54, 1.807) is 24.3 Å². The fourth-order valence-electron chi connectivity index (χ4n) is 1.99. The number of carbonyl (C=O) groups excluding carboxylic acids is 2. The van der Waals surface area contributed by atoms with Crippen LogP contribution in [0.25, 0.3) is 6.08 Å². The number of amides is 1. The van der Waals surface area contributed by atoms with Crippen molar-refractivity contribution in [1.82, 2.24) is 0 Å². The molecule has 0 heterocycles. The highest BCUT2D eigenvalue weighted by atomic mass is 127. The molecule has 2 aromatic rings. The lowest BCUT2D eigenvalue weighted by Gasteiger charge is -2.06. The SMILES string of the molecule is COC(=O)c1ccc(NC(=O)/C(C#N)=C/c2cc(Br)c(O)c(I)c2)cc1. The number of nitrogens with zero attached hydrogens (tertiary/aromatic N) is 1. The largest absolute Gasteiger partial charge is 0.506 e. The standard InChI is InChI=1S/C18H12BrIN2O4/c1-26-18(25)11-2-4-13(5-3-11)22-17(24)12(9-21)6-10-7-14(19)16(23)15(20)8-10/h2-8,23H,1H3,(H,22,24)/b12-6+. The minimum absolute atomic E-state index is 0.0939. The van der Waals surface area contributed by atoms with Crippen LogP contribution in [-0.4, -0.2) is 24.1 Å². The number of phenolic OH excluding ortho intramolecular Hbond substituents is 1. The summed E-state index contributed by atoms with van der Waals surface area (Å²) in [4.78, 5) is 23.7. The van der Waals surface area contributed by atoms with Crippen molar-refractivity contribution < 1.29 is 19.4 Å². The molecule has 0 fully saturated rings. The van der Waals surface area contributed by atoms with Crippen LogP contribution >= 0.6 is 38.5 Å². The Morgan fingerprint density at radius 3 is 2.50 bits per heavy atom. The monoisotopic (exact) mass is 526 g/mol. The molecule has 6 nitrogen and oxygen atoms in total. The maximum Gasteiger partial charge on any atom is 0.337 e. The molecule has 0 saturated carbocycles. The lowest BCUT2D eigenvalue weighted by atomic mass is 10.1. The van der Waals surface area contributed by atoms with E-state index < -0.39 is 11.9 Å². The van der Waals surface area contributed by atoms with Gasteiger partial charge in [0.25, 0.3) is 5.91 Å². The molecule has 8 heteroatoms. The molecule has 2 rings (SSSR count). The van der Waals surface area contributed by atoms with Crippen molar-refractivity contribution in [2.24, 2.45) is 0 Å². The fourth-order valence-corrected chi connectivity index (χ4v) is 3.49. The van der Waals surface area contributed by atoms with Gasteiger partial charge in [0, 0.05) is 5.69 Å². The number of hydrogen-bond donors (Lipinski definition) is 2. The minimum Gasteiger partial charge on any atom is -0.506 e. The molecule has 0 aliphatic carbocycles. The van der Waals surface area contributed by atoms with Crippen LogP contribution in [0.3, 0.4) is 0 Å². The van der Waals surface area contributed by atoms with Crippen LogP contribution < -0.4 is 5.32 Å². The molecule has 0 bridgehead atoms. The van der Waals surface area contributed by atoms with Gasteiger partial charge in [-0.3, -0.25) is 4.79 Å². The smallest absolute Gasteiger partial charge is 0.337 e. The Labute approximate surface area is 171 Å². The summed E-state index contributed by atoms with van der Waals surface area (Å²) in [6.07, 6.45) is 1.42. The fraction of sp³-hybridized carbons (Fsp3) is 0.0556. The molecule has 26 heavy (non-hydrogen) atoms. The third-order valence-electron chi connectivity index (χ3n) is 3.28. The predicted octanol–water partition coefficient (Wildman–Crippen LogP) is 4.09. The summed E-state index contributed by atoms with van der Waals surface area (Å²) >= 11 is 5.17. The zero-order valence-electron chi connectivity index (χ0n) is 13.4. The Hall–Kier alpha value is -2.38. The average Bonchev–Trinajstić information content (AvgIpc) is 2.63. The molecule has 0 radical (unpaired) electrons. The van der Waals surface area contributed by atoms with Crippen molar-refractivity contribution in [3.63, 3.8) is 0 Å². The van der Waals surface area contributed by atoms with Gasteiger partial charge in [0.15, 0.2) is 0 Å². The number of halogens is 2. The molecule has 2 N–H and O–H groups in total. The lowest BCUT2D eigenvalue weighted by Crippen LogP contribution is -2.13. The summed E-state index contributed by atoms with van der Waals surface area (Å²) in [7, 11) is 1.28. The second kappa shape index (κ2) is 8.82. The molecule has 0 aliphatic rings. The summed E-state index contributed by atoms with van der Waals surface area (Å²) in [5.41, 5.74) is 1.28. The van der Waals surface area contributed by atoms with Crippen LogP contribution in [0.4, 0.5) is 5.69 Å². The maximum absolute atomic E-state index is 12.3. The second-order valence-corrected chi connectivity index (χ2v) is 7.04. The average molecular weight is 527 g/mol. The lowest BCUT2D eigenvalue weighted by molar-refractivity contribution is -0.112. The van der Waals surface area contributed by atoms with Crippen molar-refractivity contribution in [1.29, 1.82) is 5.26 Å². The first-order chi connectivity index (χ1) is 12.3. The molecule has 0 unspecified atom stereocenters. The number of carbonyl (C=O) groups is 2. The highest BCUT2D eigenvalue weighted by Gasteiger charge is 2.12. The molecular weight excluding hydrogens is 515 g/mol. The van der Waals surface area contributed by atoms with Crippen molar-refractivity contribution in [3.8, 4) is 11.8 Å². The van der Waals surface area contributed by atoms with Gasteiger partial charge in [-0.2, -0.15) is 5.26 Å². The van der Waals surface area contributed by atoms with Gasteiger partial charge in [-0.05, 0) is 86.6 Å².